The second-order valence-electron chi connectivity index (χ2n) is 4.32. The van der Waals surface area contributed by atoms with E-state index >= 15 is 0 Å². The molecule has 0 unspecified atom stereocenters. The monoisotopic (exact) mass is 279 g/mol. The third kappa shape index (κ3) is 3.06. The molecule has 3 aromatic rings. The molecular weight excluding hydrogens is 266 g/mol. The Morgan fingerprint density at radius 3 is 2.71 bits per heavy atom. The molecule has 0 spiro atoms. The molecule has 2 heterocycles. The van der Waals surface area contributed by atoms with Gasteiger partial charge in [0.2, 0.25) is 0 Å². The first-order valence-electron chi connectivity index (χ1n) is 6.30. The van der Waals surface area contributed by atoms with Crippen LogP contribution in [-0.4, -0.2) is 16.2 Å². The van der Waals surface area contributed by atoms with E-state index in [1.54, 1.807) is 30.9 Å². The van der Waals surface area contributed by atoms with Gasteiger partial charge in [0.05, 0.1) is 18.1 Å². The lowest BCUT2D eigenvalue weighted by molar-refractivity contribution is 0.572. The standard InChI is InChI=1S/C15H13N5O/c16-14-7-12(1-2-13(14)15-9-18-10-21-15)20-19-8-11-3-5-17-6-4-11/h1-10,20H,16H2. The number of nitrogens with zero attached hydrogens (tertiary/aromatic N) is 3. The summed E-state index contributed by atoms with van der Waals surface area (Å²) in [5.74, 6) is 0.638. The van der Waals surface area contributed by atoms with Crippen LogP contribution < -0.4 is 11.2 Å². The largest absolute Gasteiger partial charge is 0.443 e. The summed E-state index contributed by atoms with van der Waals surface area (Å²) in [4.78, 5) is 7.82. The van der Waals surface area contributed by atoms with Gasteiger partial charge in [-0.05, 0) is 35.9 Å². The molecule has 0 atom stereocenters. The summed E-state index contributed by atoms with van der Waals surface area (Å²) >= 11 is 0. The summed E-state index contributed by atoms with van der Waals surface area (Å²) in [6.45, 7) is 0. The minimum atomic E-state index is 0.593. The Labute approximate surface area is 121 Å². The average molecular weight is 279 g/mol. The molecule has 6 nitrogen and oxygen atoms in total. The van der Waals surface area contributed by atoms with Crippen LogP contribution >= 0.6 is 0 Å². The van der Waals surface area contributed by atoms with Gasteiger partial charge in [-0.15, -0.1) is 0 Å². The van der Waals surface area contributed by atoms with Crippen LogP contribution in [0.4, 0.5) is 11.4 Å². The Morgan fingerprint density at radius 1 is 1.14 bits per heavy atom. The van der Waals surface area contributed by atoms with Crippen molar-refractivity contribution in [2.24, 2.45) is 5.10 Å². The zero-order valence-corrected chi connectivity index (χ0v) is 11.1. The maximum absolute atomic E-state index is 6.01. The molecule has 0 saturated carbocycles. The quantitative estimate of drug-likeness (QED) is 0.435. The fourth-order valence-electron chi connectivity index (χ4n) is 1.84. The molecule has 0 aliphatic carbocycles. The number of nitrogen functional groups attached to an aromatic ring is 1. The summed E-state index contributed by atoms with van der Waals surface area (Å²) in [7, 11) is 0. The number of nitrogens with two attached hydrogens (primary N) is 1. The molecule has 3 N–H and O–H groups in total. The first-order chi connectivity index (χ1) is 10.3. The number of anilines is 2. The number of hydrazone groups is 1. The zero-order chi connectivity index (χ0) is 14.5. The van der Waals surface area contributed by atoms with Crippen molar-refractivity contribution in [3.8, 4) is 11.3 Å². The van der Waals surface area contributed by atoms with Crippen LogP contribution in [0.5, 0.6) is 0 Å². The molecular formula is C15H13N5O. The van der Waals surface area contributed by atoms with Gasteiger partial charge >= 0.3 is 0 Å². The molecule has 104 valence electrons. The number of rotatable bonds is 4. The van der Waals surface area contributed by atoms with Crippen LogP contribution in [0.1, 0.15) is 5.56 Å². The lowest BCUT2D eigenvalue weighted by atomic mass is 10.1. The molecule has 0 fully saturated rings. The van der Waals surface area contributed by atoms with Crippen molar-refractivity contribution in [2.45, 2.75) is 0 Å². The lowest BCUT2D eigenvalue weighted by Gasteiger charge is -2.05. The van der Waals surface area contributed by atoms with Crippen LogP contribution in [0.3, 0.4) is 0 Å². The van der Waals surface area contributed by atoms with Crippen molar-refractivity contribution in [3.05, 3.63) is 60.9 Å². The van der Waals surface area contributed by atoms with E-state index in [1.807, 2.05) is 24.3 Å². The number of nitrogens with one attached hydrogen (secondary N) is 1. The fourth-order valence-corrected chi connectivity index (χ4v) is 1.84. The number of aromatic nitrogens is 2. The highest BCUT2D eigenvalue weighted by Crippen LogP contribution is 2.27. The summed E-state index contributed by atoms with van der Waals surface area (Å²) in [6, 6.07) is 9.26. The van der Waals surface area contributed by atoms with E-state index in [9.17, 15) is 0 Å². The van der Waals surface area contributed by atoms with Crippen LogP contribution in [0.15, 0.2) is 64.8 Å². The molecule has 21 heavy (non-hydrogen) atoms. The Hall–Kier alpha value is -3.15. The van der Waals surface area contributed by atoms with E-state index in [0.717, 1.165) is 16.8 Å². The van der Waals surface area contributed by atoms with E-state index in [4.69, 9.17) is 10.2 Å². The summed E-state index contributed by atoms with van der Waals surface area (Å²) in [5.41, 5.74) is 12.1. The number of hydrogen-bond acceptors (Lipinski definition) is 6. The molecule has 3 rings (SSSR count). The first-order valence-corrected chi connectivity index (χ1v) is 6.30. The van der Waals surface area contributed by atoms with Gasteiger partial charge in [0, 0.05) is 23.6 Å². The summed E-state index contributed by atoms with van der Waals surface area (Å²) < 4.78 is 5.23. The summed E-state index contributed by atoms with van der Waals surface area (Å²) in [6.07, 6.45) is 8.14. The Balaban J connectivity index is 1.73. The first kappa shape index (κ1) is 12.9. The van der Waals surface area contributed by atoms with Crippen LogP contribution in [0.25, 0.3) is 11.3 Å². The molecule has 6 heteroatoms. The van der Waals surface area contributed by atoms with Crippen molar-refractivity contribution in [1.82, 2.24) is 9.97 Å². The minimum absolute atomic E-state index is 0.593. The van der Waals surface area contributed by atoms with Crippen molar-refractivity contribution >= 4 is 17.6 Å². The van der Waals surface area contributed by atoms with Gasteiger partial charge < -0.3 is 10.2 Å². The maximum atomic E-state index is 6.01. The maximum Gasteiger partial charge on any atom is 0.181 e. The fraction of sp³-hybridized carbons (Fsp3) is 0. The normalized spacial score (nSPS) is 10.9. The second kappa shape index (κ2) is 5.87. The molecule has 2 aromatic heterocycles. The number of benzene rings is 1. The smallest absolute Gasteiger partial charge is 0.181 e. The zero-order valence-electron chi connectivity index (χ0n) is 11.1. The van der Waals surface area contributed by atoms with Gasteiger partial charge in [-0.25, -0.2) is 4.98 Å². The van der Waals surface area contributed by atoms with Crippen molar-refractivity contribution in [3.63, 3.8) is 0 Å². The van der Waals surface area contributed by atoms with Gasteiger partial charge in [-0.2, -0.15) is 5.10 Å². The second-order valence-corrected chi connectivity index (χ2v) is 4.32. The highest BCUT2D eigenvalue weighted by atomic mass is 16.3. The van der Waals surface area contributed by atoms with Crippen LogP contribution in [0.2, 0.25) is 0 Å². The van der Waals surface area contributed by atoms with E-state index in [1.165, 1.54) is 6.39 Å². The van der Waals surface area contributed by atoms with Gasteiger partial charge in [-0.3, -0.25) is 10.4 Å². The van der Waals surface area contributed by atoms with Crippen LogP contribution in [-0.2, 0) is 0 Å². The molecule has 0 saturated heterocycles. The predicted octanol–water partition coefficient (Wildman–Crippen LogP) is 2.76. The van der Waals surface area contributed by atoms with E-state index in [2.05, 4.69) is 20.5 Å². The molecule has 0 bridgehead atoms. The van der Waals surface area contributed by atoms with E-state index < -0.39 is 0 Å². The van der Waals surface area contributed by atoms with Crippen LogP contribution in [0, 0.1) is 0 Å². The predicted molar refractivity (Wildman–Crippen MR) is 81.8 cm³/mol. The Bertz CT molecular complexity index is 738. The minimum Gasteiger partial charge on any atom is -0.443 e. The van der Waals surface area contributed by atoms with Gasteiger partial charge in [0.25, 0.3) is 0 Å². The van der Waals surface area contributed by atoms with Crippen molar-refractivity contribution in [1.29, 1.82) is 0 Å². The van der Waals surface area contributed by atoms with Gasteiger partial charge in [-0.1, -0.05) is 0 Å². The van der Waals surface area contributed by atoms with Gasteiger partial charge in [0.1, 0.15) is 0 Å². The number of pyridine rings is 1. The van der Waals surface area contributed by atoms with E-state index in [-0.39, 0.29) is 0 Å². The van der Waals surface area contributed by atoms with Crippen molar-refractivity contribution < 1.29 is 4.42 Å². The lowest BCUT2D eigenvalue weighted by Crippen LogP contribution is -1.94. The number of hydrogen-bond donors (Lipinski definition) is 2. The molecule has 0 radical (unpaired) electrons. The molecule has 1 aromatic carbocycles. The van der Waals surface area contributed by atoms with Gasteiger partial charge in [0.15, 0.2) is 12.2 Å². The summed E-state index contributed by atoms with van der Waals surface area (Å²) in [5, 5.41) is 4.15. The number of oxazole rings is 1. The SMILES string of the molecule is Nc1cc(NN=Cc2ccncc2)ccc1-c1cnco1. The Kier molecular flexibility index (Phi) is 3.60. The highest BCUT2D eigenvalue weighted by Gasteiger charge is 2.06. The van der Waals surface area contributed by atoms with Crippen molar-refractivity contribution in [2.75, 3.05) is 11.2 Å². The van der Waals surface area contributed by atoms with E-state index in [0.29, 0.717) is 11.4 Å². The third-order valence-corrected chi connectivity index (χ3v) is 2.86. The Morgan fingerprint density at radius 2 is 2.00 bits per heavy atom. The highest BCUT2D eigenvalue weighted by molar-refractivity contribution is 5.80. The molecule has 0 amide bonds. The third-order valence-electron chi connectivity index (χ3n) is 2.86. The average Bonchev–Trinajstić information content (AvgIpc) is 3.02. The molecule has 0 aliphatic heterocycles. The topological polar surface area (TPSA) is 89.3 Å². The molecule has 0 aliphatic rings.